The van der Waals surface area contributed by atoms with Crippen molar-refractivity contribution in [2.75, 3.05) is 0 Å². The molecule has 0 fully saturated rings. The van der Waals surface area contributed by atoms with Gasteiger partial charge in [0.15, 0.2) is 11.5 Å². The minimum absolute atomic E-state index is 0.407. The van der Waals surface area contributed by atoms with E-state index in [-0.39, 0.29) is 0 Å². The molecule has 0 saturated carbocycles. The van der Waals surface area contributed by atoms with Crippen LogP contribution in [0.25, 0.3) is 17.0 Å². The van der Waals surface area contributed by atoms with E-state index in [0.717, 1.165) is 15.0 Å². The Bertz CT molecular complexity index is 785. The van der Waals surface area contributed by atoms with E-state index in [9.17, 15) is 0 Å². The van der Waals surface area contributed by atoms with E-state index in [0.29, 0.717) is 21.6 Å². The first kappa shape index (κ1) is 13.1. The first-order chi connectivity index (χ1) is 9.06. The molecule has 7 heteroatoms. The molecule has 0 saturated heterocycles. The van der Waals surface area contributed by atoms with Crippen molar-refractivity contribution in [2.24, 2.45) is 0 Å². The largest absolute Gasteiger partial charge is 0.263 e. The maximum absolute atomic E-state index is 6.05. The Labute approximate surface area is 132 Å². The van der Waals surface area contributed by atoms with Gasteiger partial charge in [0.1, 0.15) is 11.0 Å². The van der Waals surface area contributed by atoms with Crippen LogP contribution in [0.4, 0.5) is 0 Å². The summed E-state index contributed by atoms with van der Waals surface area (Å²) >= 11 is 14.2. The van der Waals surface area contributed by atoms with Crippen LogP contribution < -0.4 is 0 Å². The van der Waals surface area contributed by atoms with Crippen molar-refractivity contribution in [1.82, 2.24) is 19.6 Å². The van der Waals surface area contributed by atoms with E-state index in [1.807, 2.05) is 29.5 Å². The molecule has 1 aromatic carbocycles. The van der Waals surface area contributed by atoms with Crippen LogP contribution in [0.3, 0.4) is 0 Å². The highest BCUT2D eigenvalue weighted by Gasteiger charge is 2.14. The summed E-state index contributed by atoms with van der Waals surface area (Å²) in [7, 11) is 0. The van der Waals surface area contributed by atoms with Crippen LogP contribution in [0, 0.1) is 10.5 Å². The fraction of sp³-hybridized carbons (Fsp3) is 0.0833. The Morgan fingerprint density at radius 1 is 1.16 bits per heavy atom. The molecule has 3 aromatic rings. The number of hydrogen-bond donors (Lipinski definition) is 0. The Morgan fingerprint density at radius 2 is 1.95 bits per heavy atom. The Balaban J connectivity index is 2.34. The lowest BCUT2D eigenvalue weighted by molar-refractivity contribution is 0.987. The number of aromatic nitrogens is 4. The van der Waals surface area contributed by atoms with Crippen LogP contribution in [0.2, 0.25) is 10.2 Å². The maximum Gasteiger partial charge on any atom is 0.170 e. The molecule has 0 N–H and O–H groups in total. The van der Waals surface area contributed by atoms with Gasteiger partial charge < -0.3 is 0 Å². The van der Waals surface area contributed by atoms with Crippen LogP contribution in [-0.2, 0) is 0 Å². The molecule has 0 atom stereocenters. The van der Waals surface area contributed by atoms with Crippen LogP contribution in [0.15, 0.2) is 24.3 Å². The summed E-state index contributed by atoms with van der Waals surface area (Å²) in [5.74, 6) is 1.45. The number of fused-ring (bicyclic) bond motifs is 1. The van der Waals surface area contributed by atoms with Gasteiger partial charge in [-0.15, -0.1) is 10.2 Å². The zero-order valence-corrected chi connectivity index (χ0v) is 13.4. The Hall–Kier alpha value is -0.920. The number of benzene rings is 1. The molecule has 2 heterocycles. The molecule has 0 radical (unpaired) electrons. The second-order valence-electron chi connectivity index (χ2n) is 3.97. The Kier molecular flexibility index (Phi) is 3.36. The normalized spacial score (nSPS) is 11.2. The molecule has 96 valence electrons. The van der Waals surface area contributed by atoms with Gasteiger partial charge >= 0.3 is 0 Å². The topological polar surface area (TPSA) is 43.1 Å². The SMILES string of the molecule is Cc1nc(Cl)cc2nnc(-c3cc(Cl)ccc3I)n12. The van der Waals surface area contributed by atoms with Crippen molar-refractivity contribution in [2.45, 2.75) is 6.92 Å². The lowest BCUT2D eigenvalue weighted by Crippen LogP contribution is -1.99. The molecule has 3 rings (SSSR count). The van der Waals surface area contributed by atoms with Crippen molar-refractivity contribution >= 4 is 51.4 Å². The number of nitrogens with zero attached hydrogens (tertiary/aromatic N) is 4. The molecule has 0 bridgehead atoms. The molecule has 19 heavy (non-hydrogen) atoms. The second-order valence-corrected chi connectivity index (χ2v) is 5.95. The number of aryl methyl sites for hydroxylation is 1. The summed E-state index contributed by atoms with van der Waals surface area (Å²) in [5.41, 5.74) is 1.59. The minimum Gasteiger partial charge on any atom is -0.263 e. The van der Waals surface area contributed by atoms with Crippen LogP contribution in [-0.4, -0.2) is 19.6 Å². The molecule has 2 aromatic heterocycles. The molecule has 0 aliphatic rings. The predicted octanol–water partition coefficient (Wildman–Crippen LogP) is 4.01. The molecular weight excluding hydrogens is 398 g/mol. The number of rotatable bonds is 1. The van der Waals surface area contributed by atoms with Gasteiger partial charge in [-0.25, -0.2) is 4.98 Å². The highest BCUT2D eigenvalue weighted by Crippen LogP contribution is 2.28. The van der Waals surface area contributed by atoms with Gasteiger partial charge in [-0.05, 0) is 47.7 Å². The summed E-state index contributed by atoms with van der Waals surface area (Å²) in [6, 6.07) is 7.34. The lowest BCUT2D eigenvalue weighted by atomic mass is 10.2. The van der Waals surface area contributed by atoms with Gasteiger partial charge in [0.2, 0.25) is 0 Å². The van der Waals surface area contributed by atoms with E-state index in [4.69, 9.17) is 23.2 Å². The summed E-state index contributed by atoms with van der Waals surface area (Å²) in [4.78, 5) is 4.23. The zero-order chi connectivity index (χ0) is 13.6. The summed E-state index contributed by atoms with van der Waals surface area (Å²) in [6.45, 7) is 1.86. The van der Waals surface area contributed by atoms with Crippen LogP contribution in [0.5, 0.6) is 0 Å². The van der Waals surface area contributed by atoms with E-state index in [1.165, 1.54) is 0 Å². The van der Waals surface area contributed by atoms with Gasteiger partial charge in [-0.1, -0.05) is 23.2 Å². The van der Waals surface area contributed by atoms with Crippen molar-refractivity contribution in [1.29, 1.82) is 0 Å². The van der Waals surface area contributed by atoms with Crippen LogP contribution in [0.1, 0.15) is 5.82 Å². The quantitative estimate of drug-likeness (QED) is 0.454. The van der Waals surface area contributed by atoms with E-state index in [1.54, 1.807) is 6.07 Å². The van der Waals surface area contributed by atoms with Crippen molar-refractivity contribution in [3.05, 3.63) is 43.8 Å². The molecule has 0 amide bonds. The molecular formula is C12H7Cl2IN4. The summed E-state index contributed by atoms with van der Waals surface area (Å²) in [5, 5.41) is 9.42. The van der Waals surface area contributed by atoms with Gasteiger partial charge in [-0.2, -0.15) is 0 Å². The first-order valence-electron chi connectivity index (χ1n) is 5.40. The third-order valence-corrected chi connectivity index (χ3v) is 4.07. The second kappa shape index (κ2) is 4.88. The molecule has 0 unspecified atom stereocenters. The summed E-state index contributed by atoms with van der Waals surface area (Å²) < 4.78 is 2.91. The first-order valence-corrected chi connectivity index (χ1v) is 7.23. The van der Waals surface area contributed by atoms with Crippen molar-refractivity contribution in [3.8, 4) is 11.4 Å². The third-order valence-electron chi connectivity index (χ3n) is 2.70. The number of hydrogen-bond acceptors (Lipinski definition) is 3. The molecule has 0 spiro atoms. The summed E-state index contributed by atoms with van der Waals surface area (Å²) in [6.07, 6.45) is 0. The van der Waals surface area contributed by atoms with E-state index < -0.39 is 0 Å². The smallest absolute Gasteiger partial charge is 0.170 e. The fourth-order valence-electron chi connectivity index (χ4n) is 1.90. The highest BCUT2D eigenvalue weighted by molar-refractivity contribution is 14.1. The average Bonchev–Trinajstić information content (AvgIpc) is 2.76. The van der Waals surface area contributed by atoms with Crippen molar-refractivity contribution < 1.29 is 0 Å². The lowest BCUT2D eigenvalue weighted by Gasteiger charge is -2.06. The van der Waals surface area contributed by atoms with Gasteiger partial charge in [0, 0.05) is 20.2 Å². The molecule has 0 aliphatic heterocycles. The van der Waals surface area contributed by atoms with E-state index >= 15 is 0 Å². The fourth-order valence-corrected chi connectivity index (χ4v) is 2.86. The van der Waals surface area contributed by atoms with Gasteiger partial charge in [0.05, 0.1) is 0 Å². The van der Waals surface area contributed by atoms with Crippen molar-refractivity contribution in [3.63, 3.8) is 0 Å². The number of halogens is 3. The average molecular weight is 405 g/mol. The minimum atomic E-state index is 0.407. The maximum atomic E-state index is 6.05. The standard InChI is InChI=1S/C12H7Cl2IN4/c1-6-16-10(14)5-11-17-18-12(19(6)11)8-4-7(13)2-3-9(8)15/h2-5H,1H3. The monoisotopic (exact) mass is 404 g/mol. The third kappa shape index (κ3) is 2.30. The molecule has 4 nitrogen and oxygen atoms in total. The van der Waals surface area contributed by atoms with Gasteiger partial charge in [0.25, 0.3) is 0 Å². The molecule has 0 aliphatic carbocycles. The van der Waals surface area contributed by atoms with Crippen LogP contribution >= 0.6 is 45.8 Å². The Morgan fingerprint density at radius 3 is 2.74 bits per heavy atom. The highest BCUT2D eigenvalue weighted by atomic mass is 127. The van der Waals surface area contributed by atoms with E-state index in [2.05, 4.69) is 37.8 Å². The van der Waals surface area contributed by atoms with Gasteiger partial charge in [-0.3, -0.25) is 4.40 Å². The predicted molar refractivity (Wildman–Crippen MR) is 83.7 cm³/mol. The zero-order valence-electron chi connectivity index (χ0n) is 9.73.